The van der Waals surface area contributed by atoms with Gasteiger partial charge in [-0.15, -0.1) is 0 Å². The number of carbonyl (C=O) groups is 2. The third-order valence-corrected chi connectivity index (χ3v) is 8.99. The standard InChI is InChI=1S/2C12H11Cl2NO/c13-9-2-1-7(3-10(9)14)12-4-8(12)6-15-11(16)5-12;13-9-2-1-7(3-10(9)14)12-5-8(12)4-11(16)15-6-12/h2*1-3,8H,4-6H2,(H,15,16)/t2*8-,12?/m01/s1. The van der Waals surface area contributed by atoms with E-state index in [2.05, 4.69) is 10.6 Å². The molecule has 2 unspecified atom stereocenters. The molecule has 4 nitrogen and oxygen atoms in total. The van der Waals surface area contributed by atoms with Gasteiger partial charge in [0, 0.05) is 36.8 Å². The lowest BCUT2D eigenvalue weighted by Gasteiger charge is -2.23. The average molecular weight is 512 g/mol. The highest BCUT2D eigenvalue weighted by atomic mass is 35.5. The van der Waals surface area contributed by atoms with Crippen molar-refractivity contribution < 1.29 is 9.59 Å². The molecule has 2 amide bonds. The van der Waals surface area contributed by atoms with E-state index in [0.29, 0.717) is 44.8 Å². The van der Waals surface area contributed by atoms with Gasteiger partial charge in [0.1, 0.15) is 0 Å². The van der Waals surface area contributed by atoms with Crippen LogP contribution in [-0.2, 0) is 20.4 Å². The first-order valence-corrected chi connectivity index (χ1v) is 12.2. The number of rotatable bonds is 2. The van der Waals surface area contributed by atoms with Crippen molar-refractivity contribution in [1.82, 2.24) is 10.6 Å². The van der Waals surface area contributed by atoms with E-state index in [4.69, 9.17) is 46.4 Å². The van der Waals surface area contributed by atoms with Gasteiger partial charge in [0.15, 0.2) is 0 Å². The van der Waals surface area contributed by atoms with Gasteiger partial charge in [-0.1, -0.05) is 58.5 Å². The fraction of sp³-hybridized carbons (Fsp3) is 0.417. The van der Waals surface area contributed by atoms with E-state index in [-0.39, 0.29) is 22.6 Å². The summed E-state index contributed by atoms with van der Waals surface area (Å²) in [6, 6.07) is 11.5. The summed E-state index contributed by atoms with van der Waals surface area (Å²) in [5.41, 5.74) is 2.52. The molecule has 0 bridgehead atoms. The van der Waals surface area contributed by atoms with Crippen LogP contribution in [0.3, 0.4) is 0 Å². The lowest BCUT2D eigenvalue weighted by molar-refractivity contribution is -0.123. The molecule has 2 aliphatic carbocycles. The molecule has 2 aromatic carbocycles. The predicted molar refractivity (Wildman–Crippen MR) is 128 cm³/mol. The van der Waals surface area contributed by atoms with Crippen LogP contribution in [0.25, 0.3) is 0 Å². The summed E-state index contributed by atoms with van der Waals surface area (Å²) in [7, 11) is 0. The van der Waals surface area contributed by atoms with Crippen LogP contribution in [0.4, 0.5) is 0 Å². The van der Waals surface area contributed by atoms with Crippen LogP contribution in [0.2, 0.25) is 20.1 Å². The maximum atomic E-state index is 11.5. The van der Waals surface area contributed by atoms with Crippen LogP contribution in [0.1, 0.15) is 36.8 Å². The van der Waals surface area contributed by atoms with Crippen molar-refractivity contribution in [2.45, 2.75) is 36.5 Å². The zero-order valence-electron chi connectivity index (χ0n) is 17.2. The zero-order valence-corrected chi connectivity index (χ0v) is 20.2. The van der Waals surface area contributed by atoms with Crippen LogP contribution in [0.15, 0.2) is 36.4 Å². The molecule has 0 radical (unpaired) electrons. The highest BCUT2D eigenvalue weighted by Crippen LogP contribution is 2.59. The van der Waals surface area contributed by atoms with E-state index in [1.165, 1.54) is 5.56 Å². The molecule has 2 heterocycles. The van der Waals surface area contributed by atoms with Gasteiger partial charge in [-0.3, -0.25) is 9.59 Å². The van der Waals surface area contributed by atoms with Crippen molar-refractivity contribution in [1.29, 1.82) is 0 Å². The molecule has 32 heavy (non-hydrogen) atoms. The van der Waals surface area contributed by atoms with Crippen molar-refractivity contribution in [3.8, 4) is 0 Å². The minimum Gasteiger partial charge on any atom is -0.356 e. The van der Waals surface area contributed by atoms with Gasteiger partial charge in [0.2, 0.25) is 11.8 Å². The molecule has 2 saturated carbocycles. The molecule has 168 valence electrons. The number of nitrogens with one attached hydrogen (secondary N) is 2. The summed E-state index contributed by atoms with van der Waals surface area (Å²) in [4.78, 5) is 22.7. The van der Waals surface area contributed by atoms with Crippen molar-refractivity contribution in [2.75, 3.05) is 13.1 Å². The average Bonchev–Trinajstić information content (AvgIpc) is 3.66. The lowest BCUT2D eigenvalue weighted by Crippen LogP contribution is -2.38. The Labute approximate surface area is 206 Å². The number of hydrogen-bond acceptors (Lipinski definition) is 2. The van der Waals surface area contributed by atoms with E-state index in [0.717, 1.165) is 31.5 Å². The predicted octanol–water partition coefficient (Wildman–Crippen LogP) is 5.54. The molecule has 4 fully saturated rings. The third kappa shape index (κ3) is 3.90. The van der Waals surface area contributed by atoms with Gasteiger partial charge >= 0.3 is 0 Å². The molecular weight excluding hydrogens is 490 g/mol. The van der Waals surface area contributed by atoms with E-state index < -0.39 is 0 Å². The molecule has 2 aromatic rings. The number of fused-ring (bicyclic) bond motifs is 2. The van der Waals surface area contributed by atoms with Crippen LogP contribution in [0.5, 0.6) is 0 Å². The highest BCUT2D eigenvalue weighted by Gasteiger charge is 2.59. The lowest BCUT2D eigenvalue weighted by atomic mass is 9.87. The Balaban J connectivity index is 0.000000135. The summed E-state index contributed by atoms with van der Waals surface area (Å²) in [6.45, 7) is 1.52. The van der Waals surface area contributed by atoms with Crippen LogP contribution in [-0.4, -0.2) is 24.9 Å². The maximum absolute atomic E-state index is 11.5. The third-order valence-electron chi connectivity index (χ3n) is 7.51. The number of amides is 2. The minimum absolute atomic E-state index is 0.0383. The van der Waals surface area contributed by atoms with Gasteiger partial charge < -0.3 is 10.6 Å². The first-order valence-electron chi connectivity index (χ1n) is 10.7. The highest BCUT2D eigenvalue weighted by molar-refractivity contribution is 6.42. The molecule has 2 saturated heterocycles. The molecule has 8 heteroatoms. The topological polar surface area (TPSA) is 58.2 Å². The SMILES string of the molecule is O=C1CC2(c3ccc(Cl)c(Cl)c3)C[C@H]2CN1.O=C1C[C@@H]2CC2(c2ccc(Cl)c(Cl)c2)CN1. The fourth-order valence-electron chi connectivity index (χ4n) is 5.39. The van der Waals surface area contributed by atoms with Gasteiger partial charge in [0.05, 0.1) is 20.1 Å². The Kier molecular flexibility index (Phi) is 5.65. The van der Waals surface area contributed by atoms with E-state index in [9.17, 15) is 9.59 Å². The molecule has 2 N–H and O–H groups in total. The smallest absolute Gasteiger partial charge is 0.220 e. The minimum atomic E-state index is 0.0383. The molecular formula is C24H22Cl4N2O2. The molecule has 0 spiro atoms. The van der Waals surface area contributed by atoms with Gasteiger partial charge in [0.25, 0.3) is 0 Å². The Morgan fingerprint density at radius 1 is 0.719 bits per heavy atom. The monoisotopic (exact) mass is 510 g/mol. The first-order chi connectivity index (χ1) is 15.2. The summed E-state index contributed by atoms with van der Waals surface area (Å²) in [6.07, 6.45) is 3.36. The van der Waals surface area contributed by atoms with Gasteiger partial charge in [-0.05, 0) is 60.1 Å². The number of piperidine rings is 2. The number of hydrogen-bond donors (Lipinski definition) is 2. The second-order valence-corrected chi connectivity index (χ2v) is 11.0. The summed E-state index contributed by atoms with van der Waals surface area (Å²) in [5.74, 6) is 1.36. The first kappa shape index (κ1) is 22.3. The molecule has 4 atom stereocenters. The molecule has 0 aromatic heterocycles. The van der Waals surface area contributed by atoms with E-state index in [1.807, 2.05) is 36.4 Å². The molecule has 2 aliphatic heterocycles. The Bertz CT molecular complexity index is 1120. The zero-order chi connectivity index (χ0) is 22.7. The second kappa shape index (κ2) is 8.09. The molecule has 4 aliphatic rings. The fourth-order valence-corrected chi connectivity index (χ4v) is 5.99. The largest absolute Gasteiger partial charge is 0.356 e. The van der Waals surface area contributed by atoms with Crippen molar-refractivity contribution in [3.63, 3.8) is 0 Å². The Morgan fingerprint density at radius 2 is 1.31 bits per heavy atom. The Hall–Kier alpha value is -1.46. The van der Waals surface area contributed by atoms with Gasteiger partial charge in [-0.25, -0.2) is 0 Å². The number of halogens is 4. The quantitative estimate of drug-likeness (QED) is 0.555. The van der Waals surface area contributed by atoms with Crippen LogP contribution in [0, 0.1) is 11.8 Å². The number of benzene rings is 2. The summed E-state index contributed by atoms with van der Waals surface area (Å²) in [5, 5.41) is 8.15. The normalized spacial score (nSPS) is 31.9. The van der Waals surface area contributed by atoms with E-state index in [1.54, 1.807) is 0 Å². The number of carbonyl (C=O) groups excluding carboxylic acids is 2. The van der Waals surface area contributed by atoms with E-state index >= 15 is 0 Å². The maximum Gasteiger partial charge on any atom is 0.220 e. The van der Waals surface area contributed by atoms with Crippen molar-refractivity contribution in [3.05, 3.63) is 67.6 Å². The Morgan fingerprint density at radius 3 is 1.91 bits per heavy atom. The molecule has 6 rings (SSSR count). The second-order valence-electron chi connectivity index (χ2n) is 9.33. The van der Waals surface area contributed by atoms with Gasteiger partial charge in [-0.2, -0.15) is 0 Å². The van der Waals surface area contributed by atoms with Crippen LogP contribution >= 0.6 is 46.4 Å². The van der Waals surface area contributed by atoms with Crippen LogP contribution < -0.4 is 10.6 Å². The van der Waals surface area contributed by atoms with Crippen molar-refractivity contribution in [2.24, 2.45) is 11.8 Å². The summed E-state index contributed by atoms with van der Waals surface area (Å²) < 4.78 is 0. The van der Waals surface area contributed by atoms with Crippen molar-refractivity contribution >= 4 is 58.2 Å². The summed E-state index contributed by atoms with van der Waals surface area (Å²) >= 11 is 23.8.